The Labute approximate surface area is 56.9 Å². The fraction of sp³-hybridized carbons (Fsp3) is 0.167. The quantitative estimate of drug-likeness (QED) is 0.539. The second kappa shape index (κ2) is 1.76. The molecular formula is C6H5N3O. The highest BCUT2D eigenvalue weighted by molar-refractivity contribution is 5.70. The molecule has 0 saturated carbocycles. The molecule has 0 fully saturated rings. The van der Waals surface area contributed by atoms with Gasteiger partial charge in [-0.15, -0.1) is 5.10 Å². The van der Waals surface area contributed by atoms with Gasteiger partial charge in [0.1, 0.15) is 5.52 Å². The molecule has 0 aromatic carbocycles. The lowest BCUT2D eigenvalue weighted by molar-refractivity contribution is 0.585. The molecule has 0 bridgehead atoms. The molecular weight excluding hydrogens is 130 g/mol. The molecule has 0 radical (unpaired) electrons. The molecule has 0 aliphatic rings. The monoisotopic (exact) mass is 135 g/mol. The van der Waals surface area contributed by atoms with Gasteiger partial charge < -0.3 is 4.42 Å². The Morgan fingerprint density at radius 3 is 3.20 bits per heavy atom. The zero-order valence-electron chi connectivity index (χ0n) is 5.40. The molecule has 2 aromatic heterocycles. The van der Waals surface area contributed by atoms with E-state index in [-0.39, 0.29) is 0 Å². The van der Waals surface area contributed by atoms with Crippen LogP contribution < -0.4 is 0 Å². The number of rotatable bonds is 0. The van der Waals surface area contributed by atoms with Gasteiger partial charge in [-0.3, -0.25) is 0 Å². The van der Waals surface area contributed by atoms with Crippen LogP contribution in [0.25, 0.3) is 11.2 Å². The van der Waals surface area contributed by atoms with Crippen molar-refractivity contribution in [1.29, 1.82) is 0 Å². The summed E-state index contributed by atoms with van der Waals surface area (Å²) in [4.78, 5) is 3.95. The van der Waals surface area contributed by atoms with E-state index in [2.05, 4.69) is 15.2 Å². The third kappa shape index (κ3) is 0.586. The van der Waals surface area contributed by atoms with Gasteiger partial charge >= 0.3 is 0 Å². The third-order valence-electron chi connectivity index (χ3n) is 1.32. The Kier molecular flexibility index (Phi) is 0.943. The molecule has 0 spiro atoms. The first-order valence-corrected chi connectivity index (χ1v) is 2.89. The second-order valence-electron chi connectivity index (χ2n) is 2.03. The van der Waals surface area contributed by atoms with Crippen molar-refractivity contribution < 1.29 is 4.42 Å². The lowest BCUT2D eigenvalue weighted by atomic mass is 10.3. The maximum absolute atomic E-state index is 4.91. The van der Waals surface area contributed by atoms with Crippen LogP contribution in [0.2, 0.25) is 0 Å². The van der Waals surface area contributed by atoms with Crippen molar-refractivity contribution in [3.63, 3.8) is 0 Å². The fourth-order valence-electron chi connectivity index (χ4n) is 0.810. The van der Waals surface area contributed by atoms with E-state index in [0.717, 1.165) is 11.1 Å². The molecule has 0 unspecified atom stereocenters. The molecule has 0 saturated heterocycles. The van der Waals surface area contributed by atoms with Gasteiger partial charge in [-0.1, -0.05) is 0 Å². The Morgan fingerprint density at radius 1 is 1.50 bits per heavy atom. The van der Waals surface area contributed by atoms with Gasteiger partial charge in [0.05, 0.1) is 6.20 Å². The van der Waals surface area contributed by atoms with Gasteiger partial charge in [0.2, 0.25) is 0 Å². The molecule has 2 rings (SSSR count). The van der Waals surface area contributed by atoms with Crippen LogP contribution in [0, 0.1) is 6.92 Å². The van der Waals surface area contributed by atoms with Crippen LogP contribution in [0.5, 0.6) is 0 Å². The van der Waals surface area contributed by atoms with E-state index in [0.29, 0.717) is 5.71 Å². The minimum Gasteiger partial charge on any atom is -0.424 e. The van der Waals surface area contributed by atoms with E-state index in [1.54, 1.807) is 6.20 Å². The van der Waals surface area contributed by atoms with Crippen molar-refractivity contribution in [3.8, 4) is 0 Å². The first-order chi connectivity index (χ1) is 4.88. The number of nitrogens with zero attached hydrogens (tertiary/aromatic N) is 3. The van der Waals surface area contributed by atoms with E-state index in [9.17, 15) is 0 Å². The highest BCUT2D eigenvalue weighted by Gasteiger charge is 2.00. The van der Waals surface area contributed by atoms with Crippen LogP contribution in [-0.4, -0.2) is 15.2 Å². The highest BCUT2D eigenvalue weighted by atomic mass is 16.3. The van der Waals surface area contributed by atoms with Gasteiger partial charge in [0.15, 0.2) is 6.39 Å². The van der Waals surface area contributed by atoms with E-state index in [1.807, 2.05) is 6.92 Å². The van der Waals surface area contributed by atoms with E-state index in [1.165, 1.54) is 6.39 Å². The van der Waals surface area contributed by atoms with Gasteiger partial charge in [0.25, 0.3) is 5.71 Å². The van der Waals surface area contributed by atoms with Crippen molar-refractivity contribution >= 4 is 11.2 Å². The molecule has 4 nitrogen and oxygen atoms in total. The lowest BCUT2D eigenvalue weighted by Crippen LogP contribution is -1.83. The van der Waals surface area contributed by atoms with Crippen molar-refractivity contribution in [2.75, 3.05) is 0 Å². The Bertz CT molecular complexity index is 355. The number of hydrogen-bond donors (Lipinski definition) is 0. The van der Waals surface area contributed by atoms with E-state index >= 15 is 0 Å². The maximum atomic E-state index is 4.91. The number of oxazole rings is 1. The van der Waals surface area contributed by atoms with E-state index in [4.69, 9.17) is 4.42 Å². The van der Waals surface area contributed by atoms with Crippen molar-refractivity contribution in [1.82, 2.24) is 15.2 Å². The van der Waals surface area contributed by atoms with Gasteiger partial charge in [-0.25, -0.2) is 4.98 Å². The summed E-state index contributed by atoms with van der Waals surface area (Å²) in [5, 5.41) is 7.42. The van der Waals surface area contributed by atoms with Crippen molar-refractivity contribution in [2.24, 2.45) is 0 Å². The molecule has 4 heteroatoms. The summed E-state index contributed by atoms with van der Waals surface area (Å²) in [6.45, 7) is 1.92. The minimum absolute atomic E-state index is 0.500. The lowest BCUT2D eigenvalue weighted by Gasteiger charge is -1.86. The minimum atomic E-state index is 0.500. The predicted molar refractivity (Wildman–Crippen MR) is 34.3 cm³/mol. The Balaban J connectivity index is 2.95. The molecule has 0 aliphatic carbocycles. The molecule has 10 heavy (non-hydrogen) atoms. The number of hydrogen-bond acceptors (Lipinski definition) is 4. The van der Waals surface area contributed by atoms with Crippen LogP contribution in [0.3, 0.4) is 0 Å². The predicted octanol–water partition coefficient (Wildman–Crippen LogP) is 0.926. The smallest absolute Gasteiger partial charge is 0.266 e. The third-order valence-corrected chi connectivity index (χ3v) is 1.32. The van der Waals surface area contributed by atoms with Crippen molar-refractivity contribution in [3.05, 3.63) is 18.2 Å². The maximum Gasteiger partial charge on any atom is 0.266 e. The van der Waals surface area contributed by atoms with Gasteiger partial charge in [0, 0.05) is 5.56 Å². The van der Waals surface area contributed by atoms with Crippen molar-refractivity contribution in [2.45, 2.75) is 6.92 Å². The molecule has 2 aromatic rings. The Morgan fingerprint density at radius 2 is 2.40 bits per heavy atom. The van der Waals surface area contributed by atoms with Crippen LogP contribution in [0.15, 0.2) is 17.0 Å². The summed E-state index contributed by atoms with van der Waals surface area (Å²) in [6.07, 6.45) is 3.02. The van der Waals surface area contributed by atoms with E-state index < -0.39 is 0 Å². The van der Waals surface area contributed by atoms with Crippen LogP contribution in [0.1, 0.15) is 5.56 Å². The van der Waals surface area contributed by atoms with Crippen LogP contribution >= 0.6 is 0 Å². The van der Waals surface area contributed by atoms with Crippen LogP contribution in [-0.2, 0) is 0 Å². The summed E-state index contributed by atoms with van der Waals surface area (Å²) in [6, 6.07) is 0. The molecule has 0 N–H and O–H groups in total. The summed E-state index contributed by atoms with van der Waals surface area (Å²) in [7, 11) is 0. The first-order valence-electron chi connectivity index (χ1n) is 2.89. The zero-order chi connectivity index (χ0) is 6.97. The molecule has 0 aliphatic heterocycles. The van der Waals surface area contributed by atoms with Gasteiger partial charge in [-0.2, -0.15) is 5.10 Å². The average Bonchev–Trinajstić information content (AvgIpc) is 2.36. The largest absolute Gasteiger partial charge is 0.424 e. The highest BCUT2D eigenvalue weighted by Crippen LogP contribution is 2.10. The Hall–Kier alpha value is -1.45. The standard InChI is InChI=1S/C6H5N3O/c1-4-2-8-9-6-5(4)7-3-10-6/h2-3H,1H3. The zero-order valence-corrected chi connectivity index (χ0v) is 5.40. The van der Waals surface area contributed by atoms with Gasteiger partial charge in [-0.05, 0) is 6.92 Å². The summed E-state index contributed by atoms with van der Waals surface area (Å²) in [5.41, 5.74) is 2.27. The summed E-state index contributed by atoms with van der Waals surface area (Å²) < 4.78 is 4.91. The summed E-state index contributed by atoms with van der Waals surface area (Å²) in [5.74, 6) is 0. The second-order valence-corrected chi connectivity index (χ2v) is 2.03. The fourth-order valence-corrected chi connectivity index (χ4v) is 0.810. The molecule has 50 valence electrons. The molecule has 0 atom stereocenters. The summed E-state index contributed by atoms with van der Waals surface area (Å²) >= 11 is 0. The topological polar surface area (TPSA) is 51.8 Å². The number of fused-ring (bicyclic) bond motifs is 1. The number of aryl methyl sites for hydroxylation is 1. The number of aromatic nitrogens is 3. The SMILES string of the molecule is Cc1cnnc2ocnc12. The normalized spacial score (nSPS) is 10.5. The first kappa shape index (κ1) is 5.34. The van der Waals surface area contributed by atoms with Crippen LogP contribution in [0.4, 0.5) is 0 Å². The average molecular weight is 135 g/mol. The molecule has 2 heterocycles. The molecule has 0 amide bonds.